The molecule has 0 unspecified atom stereocenters. The molecular formula is C28H39ClN4O2S. The molecule has 2 aromatic rings. The van der Waals surface area contributed by atoms with Crippen LogP contribution in [0.2, 0.25) is 5.02 Å². The van der Waals surface area contributed by atoms with Gasteiger partial charge in [0.2, 0.25) is 0 Å². The third kappa shape index (κ3) is 7.10. The number of nitrogen functional groups attached to an aromatic ring is 1. The molecule has 0 fully saturated rings. The van der Waals surface area contributed by atoms with Crippen molar-refractivity contribution in [2.45, 2.75) is 87.8 Å². The fourth-order valence-electron chi connectivity index (χ4n) is 4.19. The zero-order chi connectivity index (χ0) is 25.9. The van der Waals surface area contributed by atoms with Crippen LogP contribution in [-0.4, -0.2) is 24.9 Å². The molecule has 0 atom stereocenters. The molecule has 0 aromatic heterocycles. The lowest BCUT2D eigenvalue weighted by atomic mass is 10.1. The molecule has 1 aliphatic rings. The highest BCUT2D eigenvalue weighted by atomic mass is 35.5. The van der Waals surface area contributed by atoms with Crippen molar-refractivity contribution in [2.24, 2.45) is 0 Å². The summed E-state index contributed by atoms with van der Waals surface area (Å²) in [5.74, 6) is 1.20. The van der Waals surface area contributed by atoms with Crippen LogP contribution in [0.15, 0.2) is 34.1 Å². The molecule has 0 spiro atoms. The van der Waals surface area contributed by atoms with Crippen molar-refractivity contribution in [2.75, 3.05) is 18.9 Å². The minimum Gasteiger partial charge on any atom is -0.492 e. The molecule has 6 nitrogen and oxygen atoms in total. The maximum absolute atomic E-state index is 8.58. The first-order valence-electron chi connectivity index (χ1n) is 13.1. The predicted octanol–water partition coefficient (Wildman–Crippen LogP) is 8.03. The third-order valence-corrected chi connectivity index (χ3v) is 7.84. The van der Waals surface area contributed by atoms with Crippen molar-refractivity contribution < 1.29 is 9.47 Å². The number of unbranched alkanes of at least 4 members (excludes halogenated alkanes) is 8. The molecule has 0 saturated heterocycles. The van der Waals surface area contributed by atoms with Gasteiger partial charge in [-0.1, -0.05) is 101 Å². The van der Waals surface area contributed by atoms with Crippen molar-refractivity contribution in [3.05, 3.63) is 40.4 Å². The van der Waals surface area contributed by atoms with Crippen LogP contribution in [0.5, 0.6) is 11.5 Å². The Labute approximate surface area is 224 Å². The van der Waals surface area contributed by atoms with Gasteiger partial charge in [-0.25, -0.2) is 0 Å². The average Bonchev–Trinajstić information content (AvgIpc) is 3.16. The van der Waals surface area contributed by atoms with Gasteiger partial charge >= 0.3 is 0 Å². The highest BCUT2D eigenvalue weighted by Gasteiger charge is 2.35. The second-order valence-corrected chi connectivity index (χ2v) is 10.5. The van der Waals surface area contributed by atoms with Gasteiger partial charge in [0.1, 0.15) is 22.4 Å². The van der Waals surface area contributed by atoms with Crippen molar-refractivity contribution >= 4 is 40.7 Å². The minimum absolute atomic E-state index is 0.112. The molecule has 8 heteroatoms. The molecule has 1 heterocycles. The van der Waals surface area contributed by atoms with Crippen LogP contribution < -0.4 is 20.5 Å². The number of para-hydroxylation sites is 1. The van der Waals surface area contributed by atoms with Gasteiger partial charge in [0.25, 0.3) is 0 Å². The third-order valence-electron chi connectivity index (χ3n) is 6.18. The van der Waals surface area contributed by atoms with Crippen LogP contribution in [0.4, 0.5) is 5.69 Å². The molecule has 0 radical (unpaired) electrons. The van der Waals surface area contributed by atoms with Crippen LogP contribution in [0.3, 0.4) is 0 Å². The van der Waals surface area contributed by atoms with E-state index in [4.69, 9.17) is 37.6 Å². The summed E-state index contributed by atoms with van der Waals surface area (Å²) in [5, 5.41) is 20.3. The second kappa shape index (κ2) is 14.4. The van der Waals surface area contributed by atoms with E-state index in [1.807, 2.05) is 24.3 Å². The predicted molar refractivity (Wildman–Crippen MR) is 152 cm³/mol. The number of nitrogens with two attached hydrogens (primary N) is 1. The van der Waals surface area contributed by atoms with Crippen LogP contribution >= 0.6 is 23.4 Å². The summed E-state index contributed by atoms with van der Waals surface area (Å²) in [6.07, 6.45) is 11.1. The van der Waals surface area contributed by atoms with E-state index in [0.29, 0.717) is 51.4 Å². The van der Waals surface area contributed by atoms with Gasteiger partial charge in [-0.05, 0) is 25.0 Å². The standard InChI is InChI=1S/C28H39ClN4O2S/c1-3-5-7-9-13-17-34-24-21-22(28(32)33-27(21)31)25(35-18-14-10-8-6-4-2)26(23(24)29)36-20-16-12-11-15-19(20)30/h11-12,15-16H,3-10,13-14,17-18,30H2,1-2H3,(H3,31,32,33). The summed E-state index contributed by atoms with van der Waals surface area (Å²) < 4.78 is 12.5. The first-order chi connectivity index (χ1) is 17.5. The number of nitrogens with one attached hydrogen (secondary N) is 3. The van der Waals surface area contributed by atoms with Crippen molar-refractivity contribution in [3.63, 3.8) is 0 Å². The highest BCUT2D eigenvalue weighted by molar-refractivity contribution is 7.99. The van der Waals surface area contributed by atoms with E-state index >= 15 is 0 Å². The smallest absolute Gasteiger partial charge is 0.150 e. The van der Waals surface area contributed by atoms with Crippen LogP contribution in [0.25, 0.3) is 0 Å². The van der Waals surface area contributed by atoms with Gasteiger partial charge in [-0.2, -0.15) is 0 Å². The monoisotopic (exact) mass is 530 g/mol. The summed E-state index contributed by atoms with van der Waals surface area (Å²) in [6.45, 7) is 5.41. The lowest BCUT2D eigenvalue weighted by Crippen LogP contribution is -2.20. The number of amidine groups is 2. The summed E-state index contributed by atoms with van der Waals surface area (Å²) in [6, 6.07) is 7.62. The summed E-state index contributed by atoms with van der Waals surface area (Å²) in [4.78, 5) is 1.52. The fraction of sp³-hybridized carbons (Fsp3) is 0.500. The van der Waals surface area contributed by atoms with Gasteiger partial charge in [0.15, 0.2) is 5.75 Å². The van der Waals surface area contributed by atoms with E-state index in [1.54, 1.807) is 0 Å². The minimum atomic E-state index is 0.112. The van der Waals surface area contributed by atoms with E-state index in [1.165, 1.54) is 50.3 Å². The number of hydrogen-bond donors (Lipinski definition) is 4. The quantitative estimate of drug-likeness (QED) is 0.130. The van der Waals surface area contributed by atoms with E-state index in [9.17, 15) is 0 Å². The number of ether oxygens (including phenoxy) is 2. The Morgan fingerprint density at radius 1 is 0.806 bits per heavy atom. The summed E-state index contributed by atoms with van der Waals surface area (Å²) in [5.41, 5.74) is 7.94. The van der Waals surface area contributed by atoms with Gasteiger partial charge in [-0.15, -0.1) is 0 Å². The summed E-state index contributed by atoms with van der Waals surface area (Å²) >= 11 is 8.41. The Bertz CT molecular complexity index is 1060. The lowest BCUT2D eigenvalue weighted by molar-refractivity contribution is 0.290. The maximum atomic E-state index is 8.58. The fourth-order valence-corrected chi connectivity index (χ4v) is 5.53. The SMILES string of the molecule is CCCCCCCOc1c(Cl)c(Sc2ccccc2N)c(OCCCCCCC)c2c1C(=N)NC2=N. The Kier molecular flexibility index (Phi) is 11.3. The maximum Gasteiger partial charge on any atom is 0.150 e. The lowest BCUT2D eigenvalue weighted by Gasteiger charge is -2.20. The topological polar surface area (TPSA) is 104 Å². The van der Waals surface area contributed by atoms with E-state index in [0.717, 1.165) is 30.6 Å². The molecule has 3 rings (SSSR count). The van der Waals surface area contributed by atoms with Crippen LogP contribution in [0, 0.1) is 10.8 Å². The number of anilines is 1. The molecule has 196 valence electrons. The van der Waals surface area contributed by atoms with Crippen molar-refractivity contribution in [1.82, 2.24) is 5.32 Å². The van der Waals surface area contributed by atoms with Crippen LogP contribution in [-0.2, 0) is 0 Å². The van der Waals surface area contributed by atoms with Crippen molar-refractivity contribution in [3.8, 4) is 11.5 Å². The van der Waals surface area contributed by atoms with E-state index in [2.05, 4.69) is 19.2 Å². The zero-order valence-corrected chi connectivity index (χ0v) is 23.0. The molecule has 1 aliphatic heterocycles. The molecule has 0 aliphatic carbocycles. The molecule has 2 aromatic carbocycles. The zero-order valence-electron chi connectivity index (χ0n) is 21.5. The van der Waals surface area contributed by atoms with Crippen molar-refractivity contribution in [1.29, 1.82) is 10.8 Å². The Morgan fingerprint density at radius 2 is 1.33 bits per heavy atom. The number of benzene rings is 2. The van der Waals surface area contributed by atoms with Gasteiger partial charge in [-0.3, -0.25) is 10.8 Å². The van der Waals surface area contributed by atoms with Crippen LogP contribution in [0.1, 0.15) is 89.2 Å². The second-order valence-electron chi connectivity index (χ2n) is 9.09. The Morgan fingerprint density at radius 3 is 1.92 bits per heavy atom. The number of halogens is 1. The van der Waals surface area contributed by atoms with E-state index in [-0.39, 0.29) is 11.7 Å². The molecule has 5 N–H and O–H groups in total. The molecule has 0 saturated carbocycles. The Balaban J connectivity index is 1.95. The first kappa shape index (κ1) is 28.2. The molecule has 0 amide bonds. The number of fused-ring (bicyclic) bond motifs is 1. The van der Waals surface area contributed by atoms with Gasteiger partial charge in [0.05, 0.1) is 29.2 Å². The first-order valence-corrected chi connectivity index (χ1v) is 14.3. The average molecular weight is 531 g/mol. The highest BCUT2D eigenvalue weighted by Crippen LogP contribution is 2.51. The van der Waals surface area contributed by atoms with E-state index < -0.39 is 0 Å². The Hall–Kier alpha value is -2.38. The van der Waals surface area contributed by atoms with Gasteiger partial charge < -0.3 is 20.5 Å². The number of hydrogen-bond acceptors (Lipinski definition) is 6. The number of rotatable bonds is 16. The van der Waals surface area contributed by atoms with Gasteiger partial charge in [0, 0.05) is 10.6 Å². The molecular weight excluding hydrogens is 492 g/mol. The molecule has 0 bridgehead atoms. The largest absolute Gasteiger partial charge is 0.492 e. The molecule has 36 heavy (non-hydrogen) atoms. The summed E-state index contributed by atoms with van der Waals surface area (Å²) in [7, 11) is 0. The normalized spacial score (nSPS) is 12.5.